The first-order chi connectivity index (χ1) is 9.51. The van der Waals surface area contributed by atoms with E-state index in [0.717, 1.165) is 13.3 Å². The molecule has 0 bridgehead atoms. The highest BCUT2D eigenvalue weighted by molar-refractivity contribution is 6.30. The normalized spacial score (nSPS) is 13.2. The monoisotopic (exact) mass is 334 g/mol. The lowest BCUT2D eigenvalue weighted by Gasteiger charge is -2.24. The van der Waals surface area contributed by atoms with Crippen LogP contribution < -0.4 is 4.74 Å². The summed E-state index contributed by atoms with van der Waals surface area (Å²) in [6.07, 6.45) is -14.4. The van der Waals surface area contributed by atoms with Gasteiger partial charge in [0.15, 0.2) is 0 Å². The maximum atomic E-state index is 12.5. The van der Waals surface area contributed by atoms with Gasteiger partial charge in [-0.3, -0.25) is 0 Å². The van der Waals surface area contributed by atoms with Crippen LogP contribution in [0.5, 0.6) is 5.88 Å². The van der Waals surface area contributed by atoms with E-state index in [1.165, 1.54) is 0 Å². The lowest BCUT2D eigenvalue weighted by Crippen LogP contribution is -2.47. The second-order valence-electron chi connectivity index (χ2n) is 3.89. The largest absolute Gasteiger partial charge is 0.454 e. The first kappa shape index (κ1) is 15.6. The summed E-state index contributed by atoms with van der Waals surface area (Å²) in [5.74, 6) is -1.12. The summed E-state index contributed by atoms with van der Waals surface area (Å²) in [4.78, 5) is 7.17. The van der Waals surface area contributed by atoms with Crippen molar-refractivity contribution in [2.24, 2.45) is 0 Å². The molecule has 2 heterocycles. The van der Waals surface area contributed by atoms with Crippen LogP contribution >= 0.6 is 11.6 Å². The molecule has 0 saturated heterocycles. The number of fused-ring (bicyclic) bond motifs is 1. The minimum atomic E-state index is -5.66. The molecule has 0 saturated carbocycles. The zero-order chi connectivity index (χ0) is 16.0. The summed E-state index contributed by atoms with van der Waals surface area (Å²) in [7, 11) is 0. The topological polar surface area (TPSA) is 52.3 Å². The Kier molecular flexibility index (Phi) is 3.64. The van der Waals surface area contributed by atoms with E-state index in [1.54, 1.807) is 0 Å². The van der Waals surface area contributed by atoms with Crippen LogP contribution in [0.4, 0.5) is 26.3 Å². The molecule has 2 aromatic rings. The van der Waals surface area contributed by atoms with Gasteiger partial charge in [0.25, 0.3) is 11.9 Å². The van der Waals surface area contributed by atoms with Crippen molar-refractivity contribution in [3.8, 4) is 5.88 Å². The zero-order valence-electron chi connectivity index (χ0n) is 10.00. The molecule has 5 nitrogen and oxygen atoms in total. The van der Waals surface area contributed by atoms with Gasteiger partial charge in [-0.2, -0.15) is 45.9 Å². The molecule has 0 N–H and O–H groups in total. The Morgan fingerprint density at radius 1 is 1.19 bits per heavy atom. The molecule has 0 aromatic carbocycles. The highest BCUT2D eigenvalue weighted by Crippen LogP contribution is 2.37. The van der Waals surface area contributed by atoms with E-state index in [4.69, 9.17) is 11.6 Å². The number of alkyl halides is 6. The molecule has 0 aliphatic rings. The van der Waals surface area contributed by atoms with Crippen molar-refractivity contribution in [2.75, 3.05) is 0 Å². The van der Waals surface area contributed by atoms with Gasteiger partial charge in [-0.05, 0) is 6.92 Å². The number of aromatic nitrogens is 4. The third-order valence-corrected chi connectivity index (χ3v) is 2.74. The smallest absolute Gasteiger partial charge is 0.434 e. The van der Waals surface area contributed by atoms with E-state index < -0.39 is 24.3 Å². The molecule has 0 fully saturated rings. The molecule has 0 unspecified atom stereocenters. The van der Waals surface area contributed by atoms with E-state index in [9.17, 15) is 26.3 Å². The van der Waals surface area contributed by atoms with Gasteiger partial charge in [0, 0.05) is 5.56 Å². The fourth-order valence-electron chi connectivity index (χ4n) is 1.44. The minimum Gasteiger partial charge on any atom is -0.454 e. The van der Waals surface area contributed by atoms with Gasteiger partial charge in [0.1, 0.15) is 11.5 Å². The summed E-state index contributed by atoms with van der Waals surface area (Å²) in [5.41, 5.74) is -0.229. The maximum Gasteiger partial charge on any atom is 0.434 e. The van der Waals surface area contributed by atoms with E-state index >= 15 is 0 Å². The highest BCUT2D eigenvalue weighted by Gasteiger charge is 2.59. The standard InChI is InChI=1S/C9H5ClF6N4O/c1-3-4(10)19-7-17-2-18-20(7)5(3)21-6(8(11,12)13)9(14,15)16/h2,6H,1H3. The summed E-state index contributed by atoms with van der Waals surface area (Å²) in [6.45, 7) is 1.15. The fraction of sp³-hybridized carbons (Fsp3) is 0.444. The van der Waals surface area contributed by atoms with Gasteiger partial charge in [0.2, 0.25) is 5.88 Å². The molecule has 2 aromatic heterocycles. The Bertz CT molecular complexity index is 653. The van der Waals surface area contributed by atoms with Gasteiger partial charge >= 0.3 is 12.4 Å². The minimum absolute atomic E-state index is 0.229. The summed E-state index contributed by atoms with van der Waals surface area (Å²) >= 11 is 5.63. The van der Waals surface area contributed by atoms with Gasteiger partial charge < -0.3 is 4.74 Å². The number of nitrogens with zero attached hydrogens (tertiary/aromatic N) is 4. The summed E-state index contributed by atoms with van der Waals surface area (Å²) in [5, 5.41) is 3.12. The van der Waals surface area contributed by atoms with E-state index in [1.807, 2.05) is 0 Å². The summed E-state index contributed by atoms with van der Waals surface area (Å²) < 4.78 is 79.8. The number of hydrogen-bond acceptors (Lipinski definition) is 4. The molecule has 2 rings (SSSR count). The van der Waals surface area contributed by atoms with Crippen LogP contribution in [0.25, 0.3) is 5.78 Å². The van der Waals surface area contributed by atoms with Crippen molar-refractivity contribution in [1.82, 2.24) is 19.6 Å². The van der Waals surface area contributed by atoms with E-state index in [2.05, 4.69) is 19.8 Å². The molecule has 0 atom stereocenters. The predicted molar refractivity (Wildman–Crippen MR) is 57.1 cm³/mol. The fourth-order valence-corrected chi connectivity index (χ4v) is 1.60. The molecule has 0 amide bonds. The number of ether oxygens (including phenoxy) is 1. The quantitative estimate of drug-likeness (QED) is 0.626. The van der Waals surface area contributed by atoms with Gasteiger partial charge in [-0.25, -0.2) is 0 Å². The molecule has 0 spiro atoms. The van der Waals surface area contributed by atoms with Gasteiger partial charge in [-0.15, -0.1) is 0 Å². The van der Waals surface area contributed by atoms with Crippen LogP contribution in [0.1, 0.15) is 5.56 Å². The Morgan fingerprint density at radius 3 is 2.29 bits per heavy atom. The highest BCUT2D eigenvalue weighted by atomic mass is 35.5. The van der Waals surface area contributed by atoms with Gasteiger partial charge in [0.05, 0.1) is 0 Å². The first-order valence-electron chi connectivity index (χ1n) is 5.17. The second kappa shape index (κ2) is 4.90. The summed E-state index contributed by atoms with van der Waals surface area (Å²) in [6, 6.07) is 0. The van der Waals surface area contributed by atoms with Crippen LogP contribution in [0.15, 0.2) is 6.33 Å². The number of rotatable bonds is 2. The van der Waals surface area contributed by atoms with Crippen LogP contribution in [-0.2, 0) is 0 Å². The first-order valence-corrected chi connectivity index (χ1v) is 5.55. The Hall–Kier alpha value is -1.78. The average molecular weight is 335 g/mol. The Labute approximate surface area is 117 Å². The number of hydrogen-bond donors (Lipinski definition) is 0. The maximum absolute atomic E-state index is 12.5. The molecule has 21 heavy (non-hydrogen) atoms. The molecule has 0 radical (unpaired) electrons. The molecule has 12 heteroatoms. The van der Waals surface area contributed by atoms with Crippen LogP contribution in [0.3, 0.4) is 0 Å². The number of halogens is 7. The SMILES string of the molecule is Cc1c(Cl)nc2ncnn2c1OC(C(F)(F)F)C(F)(F)F. The van der Waals surface area contributed by atoms with Crippen molar-refractivity contribution in [2.45, 2.75) is 25.4 Å². The lowest BCUT2D eigenvalue weighted by atomic mass is 10.3. The van der Waals surface area contributed by atoms with Crippen molar-refractivity contribution in [3.05, 3.63) is 17.0 Å². The molecule has 116 valence electrons. The Balaban J connectivity index is 2.56. The van der Waals surface area contributed by atoms with Crippen LogP contribution in [-0.4, -0.2) is 38.0 Å². The Morgan fingerprint density at radius 2 is 1.76 bits per heavy atom. The third kappa shape index (κ3) is 2.96. The molecular weight excluding hydrogens is 330 g/mol. The van der Waals surface area contributed by atoms with E-state index in [0.29, 0.717) is 4.52 Å². The van der Waals surface area contributed by atoms with Crippen molar-refractivity contribution < 1.29 is 31.1 Å². The van der Waals surface area contributed by atoms with Gasteiger partial charge in [-0.1, -0.05) is 11.6 Å². The van der Waals surface area contributed by atoms with Crippen molar-refractivity contribution >= 4 is 17.4 Å². The zero-order valence-corrected chi connectivity index (χ0v) is 10.8. The molecular formula is C9H5ClF6N4O. The van der Waals surface area contributed by atoms with Crippen LogP contribution in [0, 0.1) is 6.92 Å². The third-order valence-electron chi connectivity index (χ3n) is 2.37. The molecule has 0 aliphatic heterocycles. The predicted octanol–water partition coefficient (Wildman–Crippen LogP) is 2.96. The van der Waals surface area contributed by atoms with Crippen LogP contribution in [0.2, 0.25) is 5.15 Å². The van der Waals surface area contributed by atoms with E-state index in [-0.39, 0.29) is 16.5 Å². The lowest BCUT2D eigenvalue weighted by molar-refractivity contribution is -0.300. The van der Waals surface area contributed by atoms with Crippen molar-refractivity contribution in [3.63, 3.8) is 0 Å². The second-order valence-corrected chi connectivity index (χ2v) is 4.24. The molecule has 0 aliphatic carbocycles. The van der Waals surface area contributed by atoms with Crippen molar-refractivity contribution in [1.29, 1.82) is 0 Å². The average Bonchev–Trinajstić information content (AvgIpc) is 2.73.